The van der Waals surface area contributed by atoms with Gasteiger partial charge >= 0.3 is 146 Å². The van der Waals surface area contributed by atoms with E-state index in [2.05, 4.69) is 66.2 Å². The number of hydrogen-bond donors (Lipinski definition) is 0. The van der Waals surface area contributed by atoms with Gasteiger partial charge in [0.05, 0.1) is 0 Å². The molecule has 0 saturated carbocycles. The summed E-state index contributed by atoms with van der Waals surface area (Å²) in [6, 6.07) is 20.8. The third-order valence-electron chi connectivity index (χ3n) is 3.50. The van der Waals surface area contributed by atoms with Gasteiger partial charge in [-0.25, -0.2) is 0 Å². The zero-order valence-electron chi connectivity index (χ0n) is 13.7. The summed E-state index contributed by atoms with van der Waals surface area (Å²) in [5, 5.41) is 0. The van der Waals surface area contributed by atoms with E-state index in [1.54, 1.807) is 0 Å². The molecule has 1 nitrogen and oxygen atoms in total. The first-order chi connectivity index (χ1) is 11.4. The molecular weight excluding hydrogens is 347 g/mol. The molecule has 2 aromatic carbocycles. The molecule has 0 saturated heterocycles. The van der Waals surface area contributed by atoms with Crippen molar-refractivity contribution in [3.63, 3.8) is 0 Å². The van der Waals surface area contributed by atoms with Gasteiger partial charge in [0.15, 0.2) is 0 Å². The molecule has 2 heteroatoms. The molecule has 0 amide bonds. The van der Waals surface area contributed by atoms with Crippen molar-refractivity contribution in [2.24, 2.45) is 0 Å². The third-order valence-corrected chi connectivity index (χ3v) is 5.02. The molecule has 0 heterocycles. The maximum atomic E-state index is 6.05. The fourth-order valence-corrected chi connectivity index (χ4v) is 3.45. The van der Waals surface area contributed by atoms with E-state index in [0.717, 1.165) is 6.42 Å². The molecular formula is C21H24OSe. The van der Waals surface area contributed by atoms with Crippen LogP contribution in [-0.4, -0.2) is 21.1 Å². The Morgan fingerprint density at radius 1 is 0.957 bits per heavy atom. The van der Waals surface area contributed by atoms with Crippen molar-refractivity contribution >= 4 is 19.4 Å². The van der Waals surface area contributed by atoms with Gasteiger partial charge < -0.3 is 0 Å². The normalized spacial score (nSPS) is 11.5. The minimum absolute atomic E-state index is 0.0485. The number of hydrogen-bond acceptors (Lipinski definition) is 1. The molecule has 2 aromatic rings. The van der Waals surface area contributed by atoms with E-state index in [-0.39, 0.29) is 21.1 Å². The Morgan fingerprint density at radius 2 is 1.65 bits per heavy atom. The zero-order valence-corrected chi connectivity index (χ0v) is 15.4. The summed E-state index contributed by atoms with van der Waals surface area (Å²) < 4.78 is 7.37. The Bertz CT molecular complexity index is 598. The summed E-state index contributed by atoms with van der Waals surface area (Å²) >= 11 is 0.209. The number of ether oxygens (including phenoxy) is 1. The fourth-order valence-electron chi connectivity index (χ4n) is 2.19. The Labute approximate surface area is 146 Å². The molecule has 0 bridgehead atoms. The van der Waals surface area contributed by atoms with Gasteiger partial charge in [0.2, 0.25) is 0 Å². The van der Waals surface area contributed by atoms with Crippen molar-refractivity contribution in [1.82, 2.24) is 0 Å². The second-order valence-electron chi connectivity index (χ2n) is 5.44. The van der Waals surface area contributed by atoms with Crippen LogP contribution in [0, 0.1) is 10.7 Å². The van der Waals surface area contributed by atoms with Crippen LogP contribution in [0.5, 0.6) is 0 Å². The molecule has 0 aromatic heterocycles. The first kappa shape index (κ1) is 17.8. The van der Waals surface area contributed by atoms with Crippen molar-refractivity contribution in [3.8, 4) is 10.7 Å². The molecule has 0 fully saturated rings. The van der Waals surface area contributed by atoms with Gasteiger partial charge in [-0.1, -0.05) is 0 Å². The Balaban J connectivity index is 1.88. The van der Waals surface area contributed by atoms with Crippen LogP contribution in [-0.2, 0) is 11.3 Å². The number of unbranched alkanes of at least 4 members (excludes halogenated alkanes) is 2. The van der Waals surface area contributed by atoms with Crippen LogP contribution in [0.1, 0.15) is 38.2 Å². The molecule has 0 N–H and O–H groups in total. The van der Waals surface area contributed by atoms with E-state index in [1.807, 2.05) is 12.1 Å². The predicted octanol–water partition coefficient (Wildman–Crippen LogP) is 4.14. The Morgan fingerprint density at radius 3 is 2.35 bits per heavy atom. The van der Waals surface area contributed by atoms with E-state index in [9.17, 15) is 0 Å². The van der Waals surface area contributed by atoms with Crippen molar-refractivity contribution in [3.05, 3.63) is 66.2 Å². The van der Waals surface area contributed by atoms with Crippen LogP contribution in [0.25, 0.3) is 0 Å². The van der Waals surface area contributed by atoms with Crippen LogP contribution < -0.4 is 4.46 Å². The van der Waals surface area contributed by atoms with Gasteiger partial charge in [-0.3, -0.25) is 0 Å². The van der Waals surface area contributed by atoms with Crippen LogP contribution in [0.4, 0.5) is 0 Å². The quantitative estimate of drug-likeness (QED) is 0.385. The minimum atomic E-state index is 0.0485. The Kier molecular flexibility index (Phi) is 8.59. The molecule has 0 spiro atoms. The van der Waals surface area contributed by atoms with E-state index < -0.39 is 0 Å². The topological polar surface area (TPSA) is 9.23 Å². The van der Waals surface area contributed by atoms with Gasteiger partial charge in [0, 0.05) is 0 Å². The van der Waals surface area contributed by atoms with Gasteiger partial charge in [-0.05, 0) is 0 Å². The molecule has 0 aliphatic rings. The monoisotopic (exact) mass is 372 g/mol. The standard InChI is InChI=1S/C21H24OSe/c1-2-3-6-13-20(22-18-19-11-7-4-8-12-19)16-17-23-21-14-9-5-10-15-21/h4-5,7-12,14-15,20H,2-3,6,13,18H2,1H3. The van der Waals surface area contributed by atoms with E-state index in [1.165, 1.54) is 29.3 Å². The molecule has 0 radical (unpaired) electrons. The number of benzene rings is 2. The van der Waals surface area contributed by atoms with E-state index in [0.29, 0.717) is 6.61 Å². The van der Waals surface area contributed by atoms with Crippen LogP contribution in [0.2, 0.25) is 0 Å². The van der Waals surface area contributed by atoms with Crippen molar-refractivity contribution in [2.45, 2.75) is 45.3 Å². The average molecular weight is 371 g/mol. The second-order valence-corrected chi connectivity index (χ2v) is 7.29. The molecule has 1 atom stereocenters. The first-order valence-electron chi connectivity index (χ1n) is 8.26. The van der Waals surface area contributed by atoms with Gasteiger partial charge in [-0.15, -0.1) is 0 Å². The summed E-state index contributed by atoms with van der Waals surface area (Å²) in [5.74, 6) is 3.35. The Hall–Kier alpha value is -1.52. The van der Waals surface area contributed by atoms with Crippen LogP contribution >= 0.6 is 0 Å². The fraction of sp³-hybridized carbons (Fsp3) is 0.333. The van der Waals surface area contributed by atoms with Crippen molar-refractivity contribution in [1.29, 1.82) is 0 Å². The average Bonchev–Trinajstić information content (AvgIpc) is 2.61. The van der Waals surface area contributed by atoms with E-state index >= 15 is 0 Å². The molecule has 2 rings (SSSR count). The number of rotatable bonds is 8. The summed E-state index contributed by atoms with van der Waals surface area (Å²) in [6.45, 7) is 2.87. The van der Waals surface area contributed by atoms with Crippen LogP contribution in [0.3, 0.4) is 0 Å². The summed E-state index contributed by atoms with van der Waals surface area (Å²) in [6.07, 6.45) is 4.73. The molecule has 0 aliphatic carbocycles. The van der Waals surface area contributed by atoms with Crippen molar-refractivity contribution < 1.29 is 4.74 Å². The molecule has 1 unspecified atom stereocenters. The first-order valence-corrected chi connectivity index (χ1v) is 9.97. The van der Waals surface area contributed by atoms with Gasteiger partial charge in [0.1, 0.15) is 0 Å². The van der Waals surface area contributed by atoms with Gasteiger partial charge in [-0.2, -0.15) is 0 Å². The SMILES string of the molecule is CCCCCC(C#C[Se]c1ccccc1)OCc1ccccc1. The molecule has 0 aliphatic heterocycles. The summed E-state index contributed by atoms with van der Waals surface area (Å²) in [5.41, 5.74) is 1.21. The second kappa shape index (κ2) is 11.1. The van der Waals surface area contributed by atoms with Crippen molar-refractivity contribution in [2.75, 3.05) is 0 Å². The molecule has 120 valence electrons. The summed E-state index contributed by atoms with van der Waals surface area (Å²) in [4.78, 5) is 3.35. The van der Waals surface area contributed by atoms with Crippen LogP contribution in [0.15, 0.2) is 60.7 Å². The van der Waals surface area contributed by atoms with E-state index in [4.69, 9.17) is 4.74 Å². The zero-order chi connectivity index (χ0) is 16.2. The third kappa shape index (κ3) is 7.53. The van der Waals surface area contributed by atoms with Gasteiger partial charge in [0.25, 0.3) is 0 Å². The maximum absolute atomic E-state index is 6.05. The summed E-state index contributed by atoms with van der Waals surface area (Å²) in [7, 11) is 0. The molecule has 23 heavy (non-hydrogen) atoms. The predicted molar refractivity (Wildman–Crippen MR) is 98.8 cm³/mol.